The van der Waals surface area contributed by atoms with Crippen molar-refractivity contribution in [3.05, 3.63) is 29.8 Å². The Morgan fingerprint density at radius 1 is 1.45 bits per heavy atom. The maximum Gasteiger partial charge on any atom is 0.260 e. The first-order valence-electron chi connectivity index (χ1n) is 7.41. The minimum atomic E-state index is 0.0913. The van der Waals surface area contributed by atoms with Crippen LogP contribution in [0, 0.1) is 0 Å². The molecule has 0 aromatic heterocycles. The molecule has 4 nitrogen and oxygen atoms in total. The lowest BCUT2D eigenvalue weighted by Gasteiger charge is -2.24. The molecule has 0 bridgehead atoms. The van der Waals surface area contributed by atoms with Gasteiger partial charge in [-0.25, -0.2) is 0 Å². The SMILES string of the molecule is CCc1ccccc1OCC(=O)N1CCCC1CNC. The number of nitrogens with zero attached hydrogens (tertiary/aromatic N) is 1. The van der Waals surface area contributed by atoms with Crippen LogP contribution in [0.1, 0.15) is 25.3 Å². The Hall–Kier alpha value is -1.55. The Morgan fingerprint density at radius 2 is 2.25 bits per heavy atom. The molecule has 2 rings (SSSR count). The van der Waals surface area contributed by atoms with Crippen LogP contribution in [0.25, 0.3) is 0 Å². The van der Waals surface area contributed by atoms with Crippen molar-refractivity contribution in [3.63, 3.8) is 0 Å². The molecule has 1 saturated heterocycles. The molecule has 1 aromatic rings. The molecule has 1 aliphatic rings. The van der Waals surface area contributed by atoms with E-state index >= 15 is 0 Å². The van der Waals surface area contributed by atoms with Gasteiger partial charge in [-0.1, -0.05) is 25.1 Å². The minimum absolute atomic E-state index is 0.0913. The molecule has 1 unspecified atom stereocenters. The lowest BCUT2D eigenvalue weighted by molar-refractivity contribution is -0.134. The second kappa shape index (κ2) is 7.29. The molecule has 4 heteroatoms. The van der Waals surface area contributed by atoms with Gasteiger partial charge in [-0.3, -0.25) is 4.79 Å². The summed E-state index contributed by atoms with van der Waals surface area (Å²) in [4.78, 5) is 14.2. The first-order valence-corrected chi connectivity index (χ1v) is 7.41. The van der Waals surface area contributed by atoms with E-state index in [1.807, 2.05) is 36.2 Å². The fraction of sp³-hybridized carbons (Fsp3) is 0.562. The number of carbonyl (C=O) groups excluding carboxylic acids is 1. The molecule has 0 saturated carbocycles. The largest absolute Gasteiger partial charge is 0.483 e. The lowest BCUT2D eigenvalue weighted by Crippen LogP contribution is -2.43. The van der Waals surface area contributed by atoms with E-state index in [1.165, 1.54) is 0 Å². The highest BCUT2D eigenvalue weighted by Crippen LogP contribution is 2.20. The van der Waals surface area contributed by atoms with Crippen molar-refractivity contribution in [2.24, 2.45) is 0 Å². The van der Waals surface area contributed by atoms with Gasteiger partial charge in [0.25, 0.3) is 5.91 Å². The van der Waals surface area contributed by atoms with E-state index in [-0.39, 0.29) is 12.5 Å². The van der Waals surface area contributed by atoms with Crippen LogP contribution in [0.5, 0.6) is 5.75 Å². The Kier molecular flexibility index (Phi) is 5.41. The maximum absolute atomic E-state index is 12.3. The third-order valence-electron chi connectivity index (χ3n) is 3.84. The number of ether oxygens (including phenoxy) is 1. The van der Waals surface area contributed by atoms with Gasteiger partial charge in [0.1, 0.15) is 5.75 Å². The van der Waals surface area contributed by atoms with Crippen LogP contribution in [-0.4, -0.2) is 43.6 Å². The van der Waals surface area contributed by atoms with Crippen LogP contribution in [0.15, 0.2) is 24.3 Å². The second-order valence-corrected chi connectivity index (χ2v) is 5.19. The van der Waals surface area contributed by atoms with E-state index in [0.29, 0.717) is 6.04 Å². The van der Waals surface area contributed by atoms with E-state index in [2.05, 4.69) is 12.2 Å². The van der Waals surface area contributed by atoms with Gasteiger partial charge in [0.05, 0.1) is 0 Å². The van der Waals surface area contributed by atoms with Gasteiger partial charge in [0.15, 0.2) is 6.61 Å². The van der Waals surface area contributed by atoms with Crippen LogP contribution in [0.3, 0.4) is 0 Å². The zero-order valence-electron chi connectivity index (χ0n) is 12.4. The van der Waals surface area contributed by atoms with Crippen LogP contribution >= 0.6 is 0 Å². The van der Waals surface area contributed by atoms with E-state index in [4.69, 9.17) is 4.74 Å². The Balaban J connectivity index is 1.91. The van der Waals surface area contributed by atoms with Gasteiger partial charge >= 0.3 is 0 Å². The molecule has 1 fully saturated rings. The van der Waals surface area contributed by atoms with Crippen LogP contribution in [0.2, 0.25) is 0 Å². The van der Waals surface area contributed by atoms with Crippen molar-refractivity contribution in [3.8, 4) is 5.75 Å². The first kappa shape index (κ1) is 14.9. The van der Waals surface area contributed by atoms with Crippen LogP contribution < -0.4 is 10.1 Å². The fourth-order valence-corrected chi connectivity index (χ4v) is 2.77. The average Bonchev–Trinajstić information content (AvgIpc) is 2.94. The normalized spacial score (nSPS) is 18.3. The second-order valence-electron chi connectivity index (χ2n) is 5.19. The summed E-state index contributed by atoms with van der Waals surface area (Å²) in [6.07, 6.45) is 3.08. The van der Waals surface area contributed by atoms with Gasteiger partial charge < -0.3 is 15.0 Å². The number of hydrogen-bond donors (Lipinski definition) is 1. The van der Waals surface area contributed by atoms with Crippen LogP contribution in [-0.2, 0) is 11.2 Å². The molecule has 1 aliphatic heterocycles. The van der Waals surface area contributed by atoms with Gasteiger partial charge in [-0.15, -0.1) is 0 Å². The summed E-state index contributed by atoms with van der Waals surface area (Å²) < 4.78 is 5.72. The van der Waals surface area contributed by atoms with Crippen molar-refractivity contribution >= 4 is 5.91 Å². The smallest absolute Gasteiger partial charge is 0.260 e. The summed E-state index contributed by atoms with van der Waals surface area (Å²) >= 11 is 0. The molecule has 0 radical (unpaired) electrons. The van der Waals surface area contributed by atoms with Gasteiger partial charge in [-0.05, 0) is 37.9 Å². The molecular weight excluding hydrogens is 252 g/mol. The summed E-state index contributed by atoms with van der Waals surface area (Å²) in [7, 11) is 1.93. The first-order chi connectivity index (χ1) is 9.76. The number of likely N-dealkylation sites (tertiary alicyclic amines) is 1. The number of benzene rings is 1. The number of aryl methyl sites for hydroxylation is 1. The number of carbonyl (C=O) groups is 1. The molecule has 1 amide bonds. The average molecular weight is 276 g/mol. The molecule has 1 atom stereocenters. The molecule has 110 valence electrons. The predicted molar refractivity (Wildman–Crippen MR) is 80.0 cm³/mol. The van der Waals surface area contributed by atoms with Gasteiger partial charge in [0.2, 0.25) is 0 Å². The summed E-state index contributed by atoms with van der Waals surface area (Å²) in [5, 5.41) is 3.15. The van der Waals surface area contributed by atoms with E-state index in [1.54, 1.807) is 0 Å². The third kappa shape index (κ3) is 3.51. The molecule has 0 spiro atoms. The zero-order chi connectivity index (χ0) is 14.4. The number of hydrogen-bond acceptors (Lipinski definition) is 3. The zero-order valence-corrected chi connectivity index (χ0v) is 12.4. The van der Waals surface area contributed by atoms with Crippen molar-refractivity contribution in [1.82, 2.24) is 10.2 Å². The number of para-hydroxylation sites is 1. The summed E-state index contributed by atoms with van der Waals surface area (Å²) in [5.74, 6) is 0.918. The van der Waals surface area contributed by atoms with Gasteiger partial charge in [0, 0.05) is 19.1 Å². The topological polar surface area (TPSA) is 41.6 Å². The van der Waals surface area contributed by atoms with E-state index < -0.39 is 0 Å². The number of likely N-dealkylation sites (N-methyl/N-ethyl adjacent to an activating group) is 1. The lowest BCUT2D eigenvalue weighted by atomic mass is 10.1. The Morgan fingerprint density at radius 3 is 3.00 bits per heavy atom. The van der Waals surface area contributed by atoms with Crippen molar-refractivity contribution < 1.29 is 9.53 Å². The molecule has 20 heavy (non-hydrogen) atoms. The fourth-order valence-electron chi connectivity index (χ4n) is 2.77. The summed E-state index contributed by atoms with van der Waals surface area (Å²) in [6.45, 7) is 3.94. The number of amides is 1. The van der Waals surface area contributed by atoms with Crippen molar-refractivity contribution in [2.45, 2.75) is 32.2 Å². The number of rotatable bonds is 6. The highest BCUT2D eigenvalue weighted by atomic mass is 16.5. The van der Waals surface area contributed by atoms with E-state index in [9.17, 15) is 4.79 Å². The molecule has 1 N–H and O–H groups in total. The predicted octanol–water partition coefficient (Wildman–Crippen LogP) is 1.84. The highest BCUT2D eigenvalue weighted by Gasteiger charge is 2.28. The monoisotopic (exact) mass is 276 g/mol. The van der Waals surface area contributed by atoms with E-state index in [0.717, 1.165) is 43.7 Å². The Labute approximate surface area is 121 Å². The number of nitrogens with one attached hydrogen (secondary N) is 1. The quantitative estimate of drug-likeness (QED) is 0.862. The third-order valence-corrected chi connectivity index (χ3v) is 3.84. The molecule has 1 aromatic carbocycles. The molecule has 1 heterocycles. The van der Waals surface area contributed by atoms with Crippen LogP contribution in [0.4, 0.5) is 0 Å². The van der Waals surface area contributed by atoms with Gasteiger partial charge in [-0.2, -0.15) is 0 Å². The highest BCUT2D eigenvalue weighted by molar-refractivity contribution is 5.78. The molecule has 0 aliphatic carbocycles. The minimum Gasteiger partial charge on any atom is -0.483 e. The standard InChI is InChI=1S/C16H24N2O2/c1-3-13-7-4-5-9-15(13)20-12-16(19)18-10-6-8-14(18)11-17-2/h4-5,7,9,14,17H,3,6,8,10-12H2,1-2H3. The summed E-state index contributed by atoms with van der Waals surface area (Å²) in [6, 6.07) is 8.23. The maximum atomic E-state index is 12.3. The van der Waals surface area contributed by atoms with Crippen molar-refractivity contribution in [1.29, 1.82) is 0 Å². The van der Waals surface area contributed by atoms with Crippen molar-refractivity contribution in [2.75, 3.05) is 26.7 Å². The molecular formula is C16H24N2O2. The Bertz CT molecular complexity index is 448. The summed E-state index contributed by atoms with van der Waals surface area (Å²) in [5.41, 5.74) is 1.15.